The Morgan fingerprint density at radius 2 is 2.21 bits per heavy atom. The second kappa shape index (κ2) is 5.79. The number of non-ortho nitro benzene ring substituents is 1. The Balaban J connectivity index is 2.84. The highest BCUT2D eigenvalue weighted by Crippen LogP contribution is 2.19. The minimum Gasteiger partial charge on any atom is -0.348 e. The average molecular weight is 265 g/mol. The number of nitrogens with two attached hydrogens (primary N) is 1. The van der Waals surface area contributed by atoms with Crippen LogP contribution in [0.25, 0.3) is 0 Å². The molecule has 1 aromatic rings. The van der Waals surface area contributed by atoms with Crippen molar-refractivity contribution < 1.29 is 9.72 Å². The topological polar surface area (TPSA) is 98.3 Å². The van der Waals surface area contributed by atoms with E-state index in [1.807, 2.05) is 6.92 Å². The van der Waals surface area contributed by atoms with Crippen LogP contribution in [0.3, 0.4) is 0 Å². The van der Waals surface area contributed by atoms with Gasteiger partial charge in [-0.05, 0) is 25.8 Å². The van der Waals surface area contributed by atoms with Gasteiger partial charge in [-0.25, -0.2) is 0 Å². The minimum atomic E-state index is -0.936. The van der Waals surface area contributed by atoms with Crippen LogP contribution in [0.15, 0.2) is 24.3 Å². The lowest BCUT2D eigenvalue weighted by molar-refractivity contribution is -0.384. The van der Waals surface area contributed by atoms with E-state index in [1.54, 1.807) is 26.0 Å². The van der Waals surface area contributed by atoms with Crippen LogP contribution in [-0.2, 0) is 4.79 Å². The van der Waals surface area contributed by atoms with E-state index in [0.717, 1.165) is 0 Å². The van der Waals surface area contributed by atoms with Crippen LogP contribution in [0.1, 0.15) is 38.8 Å². The van der Waals surface area contributed by atoms with Gasteiger partial charge in [-0.1, -0.05) is 19.1 Å². The smallest absolute Gasteiger partial charge is 0.269 e. The molecule has 6 nitrogen and oxygen atoms in total. The van der Waals surface area contributed by atoms with E-state index in [9.17, 15) is 14.9 Å². The maximum absolute atomic E-state index is 11.9. The summed E-state index contributed by atoms with van der Waals surface area (Å²) in [4.78, 5) is 22.2. The van der Waals surface area contributed by atoms with Crippen LogP contribution in [-0.4, -0.2) is 16.4 Å². The van der Waals surface area contributed by atoms with Crippen molar-refractivity contribution in [1.29, 1.82) is 0 Å². The van der Waals surface area contributed by atoms with Crippen molar-refractivity contribution >= 4 is 11.6 Å². The van der Waals surface area contributed by atoms with E-state index in [1.165, 1.54) is 12.1 Å². The molecular formula is C13H19N3O3. The number of nitrogens with one attached hydrogen (secondary N) is 1. The number of rotatable bonds is 5. The van der Waals surface area contributed by atoms with E-state index in [4.69, 9.17) is 5.73 Å². The van der Waals surface area contributed by atoms with Gasteiger partial charge in [0.1, 0.15) is 0 Å². The van der Waals surface area contributed by atoms with Gasteiger partial charge < -0.3 is 11.1 Å². The third kappa shape index (κ3) is 3.75. The number of amides is 1. The summed E-state index contributed by atoms with van der Waals surface area (Å²) in [5.41, 5.74) is 5.59. The molecule has 0 spiro atoms. The number of nitro benzene ring substituents is 1. The molecule has 104 valence electrons. The van der Waals surface area contributed by atoms with Crippen LogP contribution in [0.2, 0.25) is 0 Å². The van der Waals surface area contributed by atoms with Gasteiger partial charge in [0.25, 0.3) is 5.69 Å². The van der Waals surface area contributed by atoms with Gasteiger partial charge in [0.2, 0.25) is 5.91 Å². The monoisotopic (exact) mass is 265 g/mol. The maximum Gasteiger partial charge on any atom is 0.269 e. The fourth-order valence-electron chi connectivity index (χ4n) is 1.51. The van der Waals surface area contributed by atoms with Crippen LogP contribution < -0.4 is 11.1 Å². The molecule has 0 bridgehead atoms. The zero-order valence-electron chi connectivity index (χ0n) is 11.3. The second-order valence-electron chi connectivity index (χ2n) is 4.82. The predicted octanol–water partition coefficient (Wildman–Crippen LogP) is 1.90. The van der Waals surface area contributed by atoms with Crippen LogP contribution in [0.4, 0.5) is 5.69 Å². The molecule has 6 heteroatoms. The number of hydrogen-bond donors (Lipinski definition) is 2. The Morgan fingerprint density at radius 1 is 1.58 bits per heavy atom. The molecule has 0 saturated heterocycles. The first-order chi connectivity index (χ1) is 8.77. The lowest BCUT2D eigenvalue weighted by atomic mass is 9.98. The summed E-state index contributed by atoms with van der Waals surface area (Å²) in [6, 6.07) is 5.86. The van der Waals surface area contributed by atoms with Crippen molar-refractivity contribution in [2.24, 2.45) is 5.73 Å². The Morgan fingerprint density at radius 3 is 2.74 bits per heavy atom. The highest BCUT2D eigenvalue weighted by atomic mass is 16.6. The standard InChI is InChI=1S/C13H19N3O3/c1-4-13(3,14)12(17)15-9(2)10-6-5-7-11(8-10)16(18)19/h5-9H,4,14H2,1-3H3,(H,15,17). The first kappa shape index (κ1) is 15.1. The maximum atomic E-state index is 11.9. The van der Waals surface area contributed by atoms with E-state index >= 15 is 0 Å². The molecule has 2 atom stereocenters. The molecule has 3 N–H and O–H groups in total. The van der Waals surface area contributed by atoms with E-state index in [0.29, 0.717) is 12.0 Å². The Hall–Kier alpha value is -1.95. The van der Waals surface area contributed by atoms with Gasteiger partial charge in [-0.2, -0.15) is 0 Å². The van der Waals surface area contributed by atoms with Crippen molar-refractivity contribution in [3.05, 3.63) is 39.9 Å². The Kier molecular flexibility index (Phi) is 4.61. The number of nitro groups is 1. The van der Waals surface area contributed by atoms with Crippen molar-refractivity contribution in [3.63, 3.8) is 0 Å². The number of nitrogens with zero attached hydrogens (tertiary/aromatic N) is 1. The molecule has 1 rings (SSSR count). The Labute approximate surface area is 112 Å². The van der Waals surface area contributed by atoms with Gasteiger partial charge in [0, 0.05) is 12.1 Å². The average Bonchev–Trinajstić information content (AvgIpc) is 2.38. The highest BCUT2D eigenvalue weighted by Gasteiger charge is 2.27. The number of carbonyl (C=O) groups excluding carboxylic acids is 1. The third-order valence-corrected chi connectivity index (χ3v) is 3.18. The van der Waals surface area contributed by atoms with Gasteiger partial charge in [-0.15, -0.1) is 0 Å². The first-order valence-corrected chi connectivity index (χ1v) is 6.12. The van der Waals surface area contributed by atoms with Gasteiger partial charge >= 0.3 is 0 Å². The highest BCUT2D eigenvalue weighted by molar-refractivity contribution is 5.85. The number of carbonyl (C=O) groups is 1. The molecule has 0 aromatic heterocycles. The lowest BCUT2D eigenvalue weighted by Crippen LogP contribution is -2.51. The quantitative estimate of drug-likeness (QED) is 0.627. The van der Waals surface area contributed by atoms with Crippen molar-refractivity contribution in [1.82, 2.24) is 5.32 Å². The Bertz CT molecular complexity index is 486. The fraction of sp³-hybridized carbons (Fsp3) is 0.462. The van der Waals surface area contributed by atoms with E-state index < -0.39 is 10.5 Å². The summed E-state index contributed by atoms with van der Waals surface area (Å²) >= 11 is 0. The molecular weight excluding hydrogens is 246 g/mol. The van der Waals surface area contributed by atoms with Crippen molar-refractivity contribution in [2.45, 2.75) is 38.8 Å². The number of benzene rings is 1. The van der Waals surface area contributed by atoms with Gasteiger partial charge in [0.05, 0.1) is 16.5 Å². The van der Waals surface area contributed by atoms with Gasteiger partial charge in [0.15, 0.2) is 0 Å². The van der Waals surface area contributed by atoms with Crippen LogP contribution >= 0.6 is 0 Å². The summed E-state index contributed by atoms with van der Waals surface area (Å²) < 4.78 is 0. The normalized spacial score (nSPS) is 15.4. The summed E-state index contributed by atoms with van der Waals surface area (Å²) in [7, 11) is 0. The summed E-state index contributed by atoms with van der Waals surface area (Å²) in [5.74, 6) is -0.269. The zero-order valence-corrected chi connectivity index (χ0v) is 11.3. The minimum absolute atomic E-state index is 0.00426. The molecule has 1 amide bonds. The molecule has 0 fully saturated rings. The van der Waals surface area contributed by atoms with Crippen molar-refractivity contribution in [3.8, 4) is 0 Å². The molecule has 0 aliphatic heterocycles. The van der Waals surface area contributed by atoms with Gasteiger partial charge in [-0.3, -0.25) is 14.9 Å². The first-order valence-electron chi connectivity index (χ1n) is 6.12. The predicted molar refractivity (Wildman–Crippen MR) is 72.5 cm³/mol. The molecule has 0 saturated carbocycles. The SMILES string of the molecule is CCC(C)(N)C(=O)NC(C)c1cccc([N+](=O)[O-])c1. The summed E-state index contributed by atoms with van der Waals surface area (Å²) in [6.45, 7) is 5.25. The molecule has 0 aliphatic carbocycles. The molecule has 0 radical (unpaired) electrons. The fourth-order valence-corrected chi connectivity index (χ4v) is 1.51. The van der Waals surface area contributed by atoms with Crippen LogP contribution in [0, 0.1) is 10.1 Å². The molecule has 19 heavy (non-hydrogen) atoms. The van der Waals surface area contributed by atoms with E-state index in [-0.39, 0.29) is 17.6 Å². The second-order valence-corrected chi connectivity index (χ2v) is 4.82. The number of hydrogen-bond acceptors (Lipinski definition) is 4. The lowest BCUT2D eigenvalue weighted by Gasteiger charge is -2.24. The van der Waals surface area contributed by atoms with Crippen LogP contribution in [0.5, 0.6) is 0 Å². The van der Waals surface area contributed by atoms with Crippen molar-refractivity contribution in [2.75, 3.05) is 0 Å². The molecule has 0 aliphatic rings. The largest absolute Gasteiger partial charge is 0.348 e. The molecule has 1 aromatic carbocycles. The summed E-state index contributed by atoms with van der Waals surface area (Å²) in [5, 5.41) is 13.5. The zero-order chi connectivity index (χ0) is 14.6. The third-order valence-electron chi connectivity index (χ3n) is 3.18. The molecule has 0 heterocycles. The van der Waals surface area contributed by atoms with E-state index in [2.05, 4.69) is 5.32 Å². The summed E-state index contributed by atoms with van der Waals surface area (Å²) in [6.07, 6.45) is 0.514. The molecule has 2 unspecified atom stereocenters.